The highest BCUT2D eigenvalue weighted by molar-refractivity contribution is 7.89. The Morgan fingerprint density at radius 2 is 1.62 bits per heavy atom. The van der Waals surface area contributed by atoms with E-state index in [9.17, 15) is 13.2 Å². The second kappa shape index (κ2) is 9.07. The van der Waals surface area contributed by atoms with Gasteiger partial charge in [-0.3, -0.25) is 4.79 Å². The molecule has 7 heteroatoms. The minimum absolute atomic E-state index is 0.151. The van der Waals surface area contributed by atoms with Crippen LogP contribution in [0.15, 0.2) is 59.5 Å². The zero-order chi connectivity index (χ0) is 21.0. The molecular formula is C22H29N3O3S. The number of rotatable bonds is 6. The molecule has 1 heterocycles. The molecule has 1 aliphatic rings. The Labute approximate surface area is 173 Å². The molecule has 1 N–H and O–H groups in total. The number of likely N-dealkylation sites (N-methyl/N-ethyl adjacent to an activating group) is 1. The third kappa shape index (κ3) is 5.04. The topological polar surface area (TPSA) is 69.7 Å². The summed E-state index contributed by atoms with van der Waals surface area (Å²) < 4.78 is 27.5. The standard InChI is InChI=1S/C22H29N3O3S/c1-17(2)21(18-8-5-4-6-9-18)23-22(26)19-10-7-11-20(16-19)29(27,28)25-14-12-24(3)13-15-25/h4-11,16-17,21H,12-15H2,1-3H3,(H,23,26)/t21-/m1/s1. The molecule has 0 bridgehead atoms. The lowest BCUT2D eigenvalue weighted by Gasteiger charge is -2.31. The average molecular weight is 416 g/mol. The molecule has 1 aliphatic heterocycles. The quantitative estimate of drug-likeness (QED) is 0.788. The number of hydrogen-bond acceptors (Lipinski definition) is 4. The fraction of sp³-hybridized carbons (Fsp3) is 0.409. The van der Waals surface area contributed by atoms with Gasteiger partial charge in [0.15, 0.2) is 0 Å². The molecule has 0 aromatic heterocycles. The van der Waals surface area contributed by atoms with E-state index in [2.05, 4.69) is 10.2 Å². The van der Waals surface area contributed by atoms with E-state index < -0.39 is 10.0 Å². The zero-order valence-electron chi connectivity index (χ0n) is 17.2. The molecule has 29 heavy (non-hydrogen) atoms. The Morgan fingerprint density at radius 1 is 0.966 bits per heavy atom. The lowest BCUT2D eigenvalue weighted by molar-refractivity contribution is 0.0925. The highest BCUT2D eigenvalue weighted by Crippen LogP contribution is 2.23. The highest BCUT2D eigenvalue weighted by atomic mass is 32.2. The summed E-state index contributed by atoms with van der Waals surface area (Å²) >= 11 is 0. The van der Waals surface area contributed by atoms with Crippen LogP contribution >= 0.6 is 0 Å². The molecule has 0 spiro atoms. The van der Waals surface area contributed by atoms with Crippen LogP contribution in [0.25, 0.3) is 0 Å². The van der Waals surface area contributed by atoms with Crippen molar-refractivity contribution in [1.82, 2.24) is 14.5 Å². The molecule has 1 amide bonds. The fourth-order valence-electron chi connectivity index (χ4n) is 3.50. The summed E-state index contributed by atoms with van der Waals surface area (Å²) in [5.41, 5.74) is 1.37. The van der Waals surface area contributed by atoms with Gasteiger partial charge >= 0.3 is 0 Å². The van der Waals surface area contributed by atoms with Gasteiger partial charge in [0.2, 0.25) is 10.0 Å². The van der Waals surface area contributed by atoms with Gasteiger partial charge in [-0.05, 0) is 36.7 Å². The molecule has 0 aliphatic carbocycles. The van der Waals surface area contributed by atoms with Crippen LogP contribution < -0.4 is 5.32 Å². The monoisotopic (exact) mass is 415 g/mol. The van der Waals surface area contributed by atoms with Gasteiger partial charge in [-0.2, -0.15) is 4.31 Å². The molecule has 1 atom stereocenters. The number of carbonyl (C=O) groups is 1. The van der Waals surface area contributed by atoms with Crippen molar-refractivity contribution in [1.29, 1.82) is 0 Å². The molecule has 3 rings (SSSR count). The van der Waals surface area contributed by atoms with Crippen molar-refractivity contribution in [3.05, 3.63) is 65.7 Å². The Hall–Kier alpha value is -2.22. The van der Waals surface area contributed by atoms with E-state index in [-0.39, 0.29) is 22.8 Å². The van der Waals surface area contributed by atoms with Gasteiger partial charge in [-0.1, -0.05) is 50.2 Å². The van der Waals surface area contributed by atoms with Crippen LogP contribution in [0.1, 0.15) is 35.8 Å². The molecule has 1 saturated heterocycles. The molecule has 2 aromatic rings. The molecule has 0 radical (unpaired) electrons. The average Bonchev–Trinajstić information content (AvgIpc) is 2.72. The summed E-state index contributed by atoms with van der Waals surface area (Å²) in [7, 11) is -1.63. The second-order valence-corrected chi connectivity index (χ2v) is 9.78. The number of carbonyl (C=O) groups excluding carboxylic acids is 1. The van der Waals surface area contributed by atoms with Gasteiger partial charge in [0.25, 0.3) is 5.91 Å². The van der Waals surface area contributed by atoms with Crippen LogP contribution in [0, 0.1) is 5.92 Å². The predicted octanol–water partition coefficient (Wildman–Crippen LogP) is 2.75. The Morgan fingerprint density at radius 3 is 2.24 bits per heavy atom. The van der Waals surface area contributed by atoms with Crippen LogP contribution in [0.5, 0.6) is 0 Å². The minimum atomic E-state index is -3.61. The molecule has 0 unspecified atom stereocenters. The van der Waals surface area contributed by atoms with Crippen LogP contribution in [0.4, 0.5) is 0 Å². The van der Waals surface area contributed by atoms with Crippen molar-refractivity contribution in [2.45, 2.75) is 24.8 Å². The number of nitrogens with one attached hydrogen (secondary N) is 1. The van der Waals surface area contributed by atoms with Gasteiger partial charge in [0.05, 0.1) is 10.9 Å². The fourth-order valence-corrected chi connectivity index (χ4v) is 4.96. The van der Waals surface area contributed by atoms with Crippen LogP contribution in [-0.2, 0) is 10.0 Å². The zero-order valence-corrected chi connectivity index (χ0v) is 18.0. The third-order valence-electron chi connectivity index (χ3n) is 5.31. The Balaban J connectivity index is 1.80. The third-order valence-corrected chi connectivity index (χ3v) is 7.20. The van der Waals surface area contributed by atoms with Gasteiger partial charge < -0.3 is 10.2 Å². The normalized spacial score (nSPS) is 17.2. The van der Waals surface area contributed by atoms with Crippen molar-refractivity contribution in [2.24, 2.45) is 5.92 Å². The summed E-state index contributed by atoms with van der Waals surface area (Å²) in [6.45, 7) is 6.41. The summed E-state index contributed by atoms with van der Waals surface area (Å²) in [5, 5.41) is 3.06. The second-order valence-electron chi connectivity index (χ2n) is 7.84. The molecule has 0 saturated carbocycles. The molecule has 1 fully saturated rings. The van der Waals surface area contributed by atoms with E-state index in [1.54, 1.807) is 18.2 Å². The first-order valence-electron chi connectivity index (χ1n) is 9.93. The van der Waals surface area contributed by atoms with Crippen molar-refractivity contribution in [3.8, 4) is 0 Å². The van der Waals surface area contributed by atoms with Crippen LogP contribution in [0.3, 0.4) is 0 Å². The number of nitrogens with zero attached hydrogens (tertiary/aromatic N) is 2. The van der Waals surface area contributed by atoms with Gasteiger partial charge in [-0.25, -0.2) is 8.42 Å². The maximum absolute atomic E-state index is 13.0. The Bertz CT molecular complexity index is 937. The minimum Gasteiger partial charge on any atom is -0.345 e. The van der Waals surface area contributed by atoms with E-state index in [1.165, 1.54) is 10.4 Å². The summed E-state index contributed by atoms with van der Waals surface area (Å²) in [6, 6.07) is 16.0. The van der Waals surface area contributed by atoms with Crippen molar-refractivity contribution in [3.63, 3.8) is 0 Å². The summed E-state index contributed by atoms with van der Waals surface area (Å²) in [6.07, 6.45) is 0. The van der Waals surface area contributed by atoms with Crippen molar-refractivity contribution in [2.75, 3.05) is 33.2 Å². The van der Waals surface area contributed by atoms with E-state index in [1.807, 2.05) is 51.2 Å². The lowest BCUT2D eigenvalue weighted by atomic mass is 9.95. The molecule has 2 aromatic carbocycles. The van der Waals surface area contributed by atoms with Gasteiger partial charge in [0.1, 0.15) is 0 Å². The molecular weight excluding hydrogens is 386 g/mol. The van der Waals surface area contributed by atoms with E-state index in [0.29, 0.717) is 31.7 Å². The number of hydrogen-bond donors (Lipinski definition) is 1. The number of sulfonamides is 1. The van der Waals surface area contributed by atoms with E-state index >= 15 is 0 Å². The lowest BCUT2D eigenvalue weighted by Crippen LogP contribution is -2.47. The maximum Gasteiger partial charge on any atom is 0.251 e. The first-order chi connectivity index (χ1) is 13.8. The van der Waals surface area contributed by atoms with E-state index in [0.717, 1.165) is 5.56 Å². The maximum atomic E-state index is 13.0. The van der Waals surface area contributed by atoms with Crippen LogP contribution in [0.2, 0.25) is 0 Å². The van der Waals surface area contributed by atoms with Crippen molar-refractivity contribution < 1.29 is 13.2 Å². The highest BCUT2D eigenvalue weighted by Gasteiger charge is 2.28. The van der Waals surface area contributed by atoms with E-state index in [4.69, 9.17) is 0 Å². The van der Waals surface area contributed by atoms with Gasteiger partial charge in [0, 0.05) is 31.7 Å². The number of benzene rings is 2. The molecule has 6 nitrogen and oxygen atoms in total. The Kier molecular flexibility index (Phi) is 6.72. The summed E-state index contributed by atoms with van der Waals surface area (Å²) in [5.74, 6) is -0.0819. The first kappa shape index (κ1) is 21.5. The smallest absolute Gasteiger partial charge is 0.251 e. The molecule has 156 valence electrons. The largest absolute Gasteiger partial charge is 0.345 e. The summed E-state index contributed by atoms with van der Waals surface area (Å²) in [4.78, 5) is 15.2. The number of piperazine rings is 1. The number of amides is 1. The SMILES string of the molecule is CC(C)[C@@H](NC(=O)c1cccc(S(=O)(=O)N2CCN(C)CC2)c1)c1ccccc1. The predicted molar refractivity (Wildman–Crippen MR) is 114 cm³/mol. The first-order valence-corrected chi connectivity index (χ1v) is 11.4. The van der Waals surface area contributed by atoms with Crippen LogP contribution in [-0.4, -0.2) is 56.8 Å². The van der Waals surface area contributed by atoms with Gasteiger partial charge in [-0.15, -0.1) is 0 Å². The van der Waals surface area contributed by atoms with Crippen molar-refractivity contribution >= 4 is 15.9 Å².